The number of benzene rings is 2. The zero-order valence-electron chi connectivity index (χ0n) is 17.1. The highest BCUT2D eigenvalue weighted by Gasteiger charge is 2.26. The van der Waals surface area contributed by atoms with E-state index < -0.39 is 28.4 Å². The predicted molar refractivity (Wildman–Crippen MR) is 112 cm³/mol. The van der Waals surface area contributed by atoms with Crippen LogP contribution < -0.4 is 4.74 Å². The van der Waals surface area contributed by atoms with Gasteiger partial charge < -0.3 is 14.2 Å². The number of hydrogen-bond donors (Lipinski definition) is 0. The van der Waals surface area contributed by atoms with Crippen LogP contribution >= 0.6 is 0 Å². The van der Waals surface area contributed by atoms with E-state index >= 15 is 0 Å². The van der Waals surface area contributed by atoms with Crippen LogP contribution in [0.3, 0.4) is 0 Å². The Balaban J connectivity index is 1.42. The number of esters is 1. The Morgan fingerprint density at radius 2 is 1.65 bits per heavy atom. The van der Waals surface area contributed by atoms with Crippen molar-refractivity contribution >= 4 is 21.8 Å². The molecule has 1 heterocycles. The Kier molecular flexibility index (Phi) is 8.16. The third kappa shape index (κ3) is 6.61. The Morgan fingerprint density at radius 3 is 2.32 bits per heavy atom. The molecular weight excluding hydrogens is 422 g/mol. The van der Waals surface area contributed by atoms with E-state index in [9.17, 15) is 18.0 Å². The third-order valence-electron chi connectivity index (χ3n) is 4.69. The third-order valence-corrected chi connectivity index (χ3v) is 6.60. The first-order chi connectivity index (χ1) is 15.0. The maximum absolute atomic E-state index is 12.6. The average Bonchev–Trinajstić information content (AvgIpc) is 2.81. The van der Waals surface area contributed by atoms with Gasteiger partial charge in [0.1, 0.15) is 5.75 Å². The molecule has 31 heavy (non-hydrogen) atoms. The lowest BCUT2D eigenvalue weighted by Crippen LogP contribution is -2.40. The molecule has 0 radical (unpaired) electrons. The molecule has 2 aromatic rings. The van der Waals surface area contributed by atoms with Gasteiger partial charge in [0.2, 0.25) is 10.0 Å². The van der Waals surface area contributed by atoms with Gasteiger partial charge in [-0.25, -0.2) is 8.42 Å². The van der Waals surface area contributed by atoms with Gasteiger partial charge in [0, 0.05) is 25.1 Å². The Bertz CT molecular complexity index is 969. The van der Waals surface area contributed by atoms with Gasteiger partial charge >= 0.3 is 5.97 Å². The summed E-state index contributed by atoms with van der Waals surface area (Å²) < 4.78 is 42.3. The molecule has 1 aliphatic heterocycles. The van der Waals surface area contributed by atoms with Crippen LogP contribution in [0.15, 0.2) is 59.5 Å². The Labute approximate surface area is 181 Å². The number of rotatable bonds is 10. The summed E-state index contributed by atoms with van der Waals surface area (Å²) in [7, 11) is -3.62. The standard InChI is InChI=1S/C22H25NO7S/c24-21(17-30-22(25)7-4-14-29-19-5-2-1-3-6-19)18-8-10-20(11-9-18)31(26,27)23-12-15-28-16-13-23/h1-3,5-6,8-11H,4,7,12-17H2. The van der Waals surface area contributed by atoms with Gasteiger partial charge in [0.25, 0.3) is 0 Å². The monoisotopic (exact) mass is 447 g/mol. The molecule has 0 aliphatic carbocycles. The van der Waals surface area contributed by atoms with E-state index in [0.29, 0.717) is 39.3 Å². The van der Waals surface area contributed by atoms with Gasteiger partial charge in [-0.1, -0.05) is 18.2 Å². The minimum atomic E-state index is -3.62. The van der Waals surface area contributed by atoms with E-state index in [1.54, 1.807) is 0 Å². The summed E-state index contributed by atoms with van der Waals surface area (Å²) >= 11 is 0. The highest BCUT2D eigenvalue weighted by Crippen LogP contribution is 2.18. The second-order valence-corrected chi connectivity index (χ2v) is 8.83. The molecular formula is C22H25NO7S. The van der Waals surface area contributed by atoms with Crippen molar-refractivity contribution in [2.24, 2.45) is 0 Å². The maximum atomic E-state index is 12.6. The van der Waals surface area contributed by atoms with Gasteiger partial charge in [-0.15, -0.1) is 0 Å². The number of ketones is 1. The van der Waals surface area contributed by atoms with Crippen molar-refractivity contribution in [3.8, 4) is 5.75 Å². The summed E-state index contributed by atoms with van der Waals surface area (Å²) in [6.45, 7) is 1.30. The number of sulfonamides is 1. The van der Waals surface area contributed by atoms with E-state index in [0.717, 1.165) is 5.75 Å². The van der Waals surface area contributed by atoms with Crippen molar-refractivity contribution in [1.29, 1.82) is 0 Å². The van der Waals surface area contributed by atoms with Crippen LogP contribution in [-0.4, -0.2) is 64.0 Å². The van der Waals surface area contributed by atoms with Crippen molar-refractivity contribution in [3.63, 3.8) is 0 Å². The first-order valence-electron chi connectivity index (χ1n) is 10.0. The largest absolute Gasteiger partial charge is 0.494 e. The molecule has 0 spiro atoms. The van der Waals surface area contributed by atoms with E-state index in [2.05, 4.69) is 0 Å². The first-order valence-corrected chi connectivity index (χ1v) is 11.5. The van der Waals surface area contributed by atoms with Crippen LogP contribution in [0.1, 0.15) is 23.2 Å². The SMILES string of the molecule is O=C(CCCOc1ccccc1)OCC(=O)c1ccc(S(=O)(=O)N2CCOCC2)cc1. The number of ether oxygens (including phenoxy) is 3. The lowest BCUT2D eigenvalue weighted by molar-refractivity contribution is -0.142. The van der Waals surface area contributed by atoms with E-state index in [1.165, 1.54) is 28.6 Å². The van der Waals surface area contributed by atoms with Crippen molar-refractivity contribution < 1.29 is 32.2 Å². The van der Waals surface area contributed by atoms with Crippen LogP contribution in [0.4, 0.5) is 0 Å². The number of morpholine rings is 1. The van der Waals surface area contributed by atoms with Crippen LogP contribution in [0.5, 0.6) is 5.75 Å². The van der Waals surface area contributed by atoms with Crippen molar-refractivity contribution in [2.75, 3.05) is 39.5 Å². The Hall–Kier alpha value is -2.75. The number of para-hydroxylation sites is 1. The lowest BCUT2D eigenvalue weighted by atomic mass is 10.1. The van der Waals surface area contributed by atoms with E-state index in [1.807, 2.05) is 30.3 Å². The quantitative estimate of drug-likeness (QED) is 0.313. The van der Waals surface area contributed by atoms with Crippen LogP contribution in [0, 0.1) is 0 Å². The number of carbonyl (C=O) groups excluding carboxylic acids is 2. The Morgan fingerprint density at radius 1 is 0.968 bits per heavy atom. The normalized spacial score (nSPS) is 14.7. The average molecular weight is 448 g/mol. The second kappa shape index (κ2) is 11.0. The summed E-state index contributed by atoms with van der Waals surface area (Å²) in [4.78, 5) is 24.2. The molecule has 0 aromatic heterocycles. The summed E-state index contributed by atoms with van der Waals surface area (Å²) in [6, 6.07) is 14.9. The molecule has 1 saturated heterocycles. The van der Waals surface area contributed by atoms with Gasteiger partial charge in [-0.3, -0.25) is 9.59 Å². The van der Waals surface area contributed by atoms with Crippen molar-refractivity contribution in [2.45, 2.75) is 17.7 Å². The van der Waals surface area contributed by atoms with Gasteiger partial charge in [0.05, 0.1) is 24.7 Å². The molecule has 0 bridgehead atoms. The van der Waals surface area contributed by atoms with Crippen molar-refractivity contribution in [3.05, 3.63) is 60.2 Å². The highest BCUT2D eigenvalue weighted by molar-refractivity contribution is 7.89. The second-order valence-electron chi connectivity index (χ2n) is 6.89. The molecule has 2 aromatic carbocycles. The van der Waals surface area contributed by atoms with Gasteiger partial charge in [-0.2, -0.15) is 4.31 Å². The van der Waals surface area contributed by atoms with Crippen LogP contribution in [0.25, 0.3) is 0 Å². The minimum absolute atomic E-state index is 0.112. The predicted octanol–water partition coefficient (Wildman–Crippen LogP) is 2.29. The summed E-state index contributed by atoms with van der Waals surface area (Å²) in [5, 5.41) is 0. The molecule has 3 rings (SSSR count). The van der Waals surface area contributed by atoms with E-state index in [4.69, 9.17) is 14.2 Å². The number of Topliss-reactive ketones (excluding diaryl/α,β-unsaturated/α-hetero) is 1. The fourth-order valence-corrected chi connectivity index (χ4v) is 4.38. The summed E-state index contributed by atoms with van der Waals surface area (Å²) in [5.41, 5.74) is 0.279. The lowest BCUT2D eigenvalue weighted by Gasteiger charge is -2.26. The summed E-state index contributed by atoms with van der Waals surface area (Å²) in [5.74, 6) is -0.161. The molecule has 1 fully saturated rings. The molecule has 0 unspecified atom stereocenters. The smallest absolute Gasteiger partial charge is 0.306 e. The molecule has 9 heteroatoms. The fourth-order valence-electron chi connectivity index (χ4n) is 2.97. The maximum Gasteiger partial charge on any atom is 0.306 e. The highest BCUT2D eigenvalue weighted by atomic mass is 32.2. The molecule has 1 aliphatic rings. The van der Waals surface area contributed by atoms with E-state index in [-0.39, 0.29) is 16.9 Å². The van der Waals surface area contributed by atoms with Gasteiger partial charge in [0.15, 0.2) is 12.4 Å². The topological polar surface area (TPSA) is 99.2 Å². The molecule has 0 N–H and O–H groups in total. The molecule has 8 nitrogen and oxygen atoms in total. The van der Waals surface area contributed by atoms with Crippen molar-refractivity contribution in [1.82, 2.24) is 4.31 Å². The zero-order valence-corrected chi connectivity index (χ0v) is 17.9. The molecule has 166 valence electrons. The number of hydrogen-bond acceptors (Lipinski definition) is 7. The molecule has 0 saturated carbocycles. The van der Waals surface area contributed by atoms with Gasteiger partial charge in [-0.05, 0) is 42.8 Å². The van der Waals surface area contributed by atoms with Crippen LogP contribution in [0.2, 0.25) is 0 Å². The number of nitrogens with zero attached hydrogens (tertiary/aromatic N) is 1. The fraction of sp³-hybridized carbons (Fsp3) is 0.364. The summed E-state index contributed by atoms with van der Waals surface area (Å²) in [6.07, 6.45) is 0.604. The van der Waals surface area contributed by atoms with Crippen LogP contribution in [-0.2, 0) is 24.3 Å². The zero-order chi connectivity index (χ0) is 22.1. The first kappa shape index (κ1) is 22.9. The molecule has 0 atom stereocenters. The molecule has 0 amide bonds. The minimum Gasteiger partial charge on any atom is -0.494 e. The number of carbonyl (C=O) groups is 2.